The van der Waals surface area contributed by atoms with Crippen molar-refractivity contribution in [1.82, 2.24) is 15.2 Å². The van der Waals surface area contributed by atoms with Gasteiger partial charge in [0, 0.05) is 28.6 Å². The topological polar surface area (TPSA) is 83.7 Å². The van der Waals surface area contributed by atoms with Gasteiger partial charge in [-0.05, 0) is 54.8 Å². The van der Waals surface area contributed by atoms with Crippen LogP contribution in [-0.2, 0) is 11.3 Å². The first-order valence-corrected chi connectivity index (χ1v) is 13.7. The van der Waals surface area contributed by atoms with E-state index in [1.54, 1.807) is 11.8 Å². The van der Waals surface area contributed by atoms with E-state index in [1.165, 1.54) is 5.56 Å². The van der Waals surface area contributed by atoms with Crippen LogP contribution in [0.25, 0.3) is 22.2 Å². The molecule has 2 atom stereocenters. The van der Waals surface area contributed by atoms with E-state index in [0.29, 0.717) is 23.6 Å². The highest BCUT2D eigenvalue weighted by atomic mass is 16.7. The van der Waals surface area contributed by atoms with Gasteiger partial charge < -0.3 is 24.7 Å². The van der Waals surface area contributed by atoms with Crippen molar-refractivity contribution >= 4 is 22.7 Å². The number of carbonyl (C=O) groups excluding carboxylic acids is 2. The number of benzene rings is 4. The summed E-state index contributed by atoms with van der Waals surface area (Å²) in [6, 6.07) is 28.6. The summed E-state index contributed by atoms with van der Waals surface area (Å²) >= 11 is 0. The van der Waals surface area contributed by atoms with Crippen LogP contribution in [0.5, 0.6) is 11.5 Å². The lowest BCUT2D eigenvalue weighted by atomic mass is 9.92. The monoisotopic (exact) mass is 543 g/mol. The van der Waals surface area contributed by atoms with E-state index in [1.807, 2.05) is 60.7 Å². The molecule has 7 nitrogen and oxygen atoms in total. The maximum Gasteiger partial charge on any atom is 0.255 e. The molecule has 0 bridgehead atoms. The van der Waals surface area contributed by atoms with Crippen molar-refractivity contribution in [2.75, 3.05) is 6.79 Å². The summed E-state index contributed by atoms with van der Waals surface area (Å²) in [5, 5.41) is 4.06. The molecule has 2 N–H and O–H groups in total. The second-order valence-electron chi connectivity index (χ2n) is 10.6. The van der Waals surface area contributed by atoms with Crippen LogP contribution in [0.2, 0.25) is 0 Å². The number of amides is 2. The van der Waals surface area contributed by atoms with Crippen LogP contribution >= 0.6 is 0 Å². The Hall–Kier alpha value is -5.04. The lowest BCUT2D eigenvalue weighted by molar-refractivity contribution is -0.125. The molecule has 41 heavy (non-hydrogen) atoms. The first-order valence-electron chi connectivity index (χ1n) is 13.7. The van der Waals surface area contributed by atoms with Gasteiger partial charge in [-0.15, -0.1) is 0 Å². The summed E-state index contributed by atoms with van der Waals surface area (Å²) in [4.78, 5) is 33.0. The van der Waals surface area contributed by atoms with E-state index in [2.05, 4.69) is 47.6 Å². The van der Waals surface area contributed by atoms with Crippen LogP contribution in [0, 0.1) is 6.92 Å². The third kappa shape index (κ3) is 4.21. The summed E-state index contributed by atoms with van der Waals surface area (Å²) in [5.41, 5.74) is 7.51. The first kappa shape index (κ1) is 25.0. The minimum atomic E-state index is -0.728. The Balaban J connectivity index is 1.28. The maximum atomic E-state index is 14.0. The largest absolute Gasteiger partial charge is 0.454 e. The fraction of sp³-hybridized carbons (Fsp3) is 0.176. The molecule has 204 valence electrons. The molecule has 0 spiro atoms. The summed E-state index contributed by atoms with van der Waals surface area (Å²) in [7, 11) is 0. The van der Waals surface area contributed by atoms with Gasteiger partial charge in [0.2, 0.25) is 12.7 Å². The number of nitrogens with zero attached hydrogens (tertiary/aromatic N) is 1. The fourth-order valence-corrected chi connectivity index (χ4v) is 5.94. The number of para-hydroxylation sites is 1. The second kappa shape index (κ2) is 9.86. The Morgan fingerprint density at radius 2 is 1.73 bits per heavy atom. The normalized spacial score (nSPS) is 16.2. The van der Waals surface area contributed by atoms with Crippen molar-refractivity contribution in [3.8, 4) is 22.8 Å². The van der Waals surface area contributed by atoms with Gasteiger partial charge in [-0.3, -0.25) is 9.59 Å². The van der Waals surface area contributed by atoms with Crippen molar-refractivity contribution in [1.29, 1.82) is 0 Å². The Morgan fingerprint density at radius 3 is 2.59 bits per heavy atom. The van der Waals surface area contributed by atoms with E-state index in [4.69, 9.17) is 9.47 Å². The van der Waals surface area contributed by atoms with Crippen molar-refractivity contribution in [3.63, 3.8) is 0 Å². The standard InChI is InChI=1S/C34H29N3O4/c1-20-11-14-23(15-12-20)31-30(26-9-5-6-10-27(26)36-31)32-24-7-3-4-8-25(24)34(39)37(32)21(2)33(38)35-18-22-13-16-28-29(17-22)41-19-40-28/h3-17,21,32,36H,18-19H2,1-2H3,(H,35,38). The van der Waals surface area contributed by atoms with E-state index >= 15 is 0 Å². The summed E-state index contributed by atoms with van der Waals surface area (Å²) in [6.07, 6.45) is 0. The predicted octanol–water partition coefficient (Wildman–Crippen LogP) is 6.12. The quantitative estimate of drug-likeness (QED) is 0.270. The van der Waals surface area contributed by atoms with Crippen LogP contribution in [0.15, 0.2) is 91.0 Å². The minimum absolute atomic E-state index is 0.156. The van der Waals surface area contributed by atoms with Crippen LogP contribution < -0.4 is 14.8 Å². The van der Waals surface area contributed by atoms with E-state index in [0.717, 1.165) is 38.9 Å². The molecular weight excluding hydrogens is 514 g/mol. The molecule has 0 fully saturated rings. The van der Waals surface area contributed by atoms with Crippen LogP contribution in [0.1, 0.15) is 45.6 Å². The molecular formula is C34H29N3O4. The van der Waals surface area contributed by atoms with Gasteiger partial charge in [0.1, 0.15) is 6.04 Å². The first-order chi connectivity index (χ1) is 20.0. The Bertz CT molecular complexity index is 1810. The Morgan fingerprint density at radius 1 is 0.976 bits per heavy atom. The number of fused-ring (bicyclic) bond motifs is 3. The summed E-state index contributed by atoms with van der Waals surface area (Å²) in [6.45, 7) is 4.36. The van der Waals surface area contributed by atoms with Gasteiger partial charge in [-0.2, -0.15) is 0 Å². The van der Waals surface area contributed by atoms with Gasteiger partial charge in [0.25, 0.3) is 5.91 Å². The molecule has 2 amide bonds. The van der Waals surface area contributed by atoms with E-state index in [9.17, 15) is 9.59 Å². The molecule has 2 aliphatic heterocycles. The predicted molar refractivity (Wildman–Crippen MR) is 157 cm³/mol. The van der Waals surface area contributed by atoms with Crippen LogP contribution in [-0.4, -0.2) is 34.5 Å². The van der Waals surface area contributed by atoms with Gasteiger partial charge in [0.15, 0.2) is 11.5 Å². The van der Waals surface area contributed by atoms with Crippen molar-refractivity contribution in [3.05, 3.63) is 119 Å². The fourth-order valence-electron chi connectivity index (χ4n) is 5.94. The van der Waals surface area contributed by atoms with Gasteiger partial charge in [-0.25, -0.2) is 0 Å². The smallest absolute Gasteiger partial charge is 0.255 e. The zero-order chi connectivity index (χ0) is 28.1. The SMILES string of the molecule is Cc1ccc(-c2[nH]c3ccccc3c2C2c3ccccc3C(=O)N2C(C)C(=O)NCc2ccc3c(c2)OCO3)cc1. The third-order valence-electron chi connectivity index (χ3n) is 8.06. The number of hydrogen-bond donors (Lipinski definition) is 2. The summed E-state index contributed by atoms with van der Waals surface area (Å²) < 4.78 is 10.9. The van der Waals surface area contributed by atoms with Crippen molar-refractivity contribution < 1.29 is 19.1 Å². The van der Waals surface area contributed by atoms with Crippen molar-refractivity contribution in [2.24, 2.45) is 0 Å². The number of hydrogen-bond acceptors (Lipinski definition) is 4. The molecule has 3 heterocycles. The van der Waals surface area contributed by atoms with Gasteiger partial charge >= 0.3 is 0 Å². The van der Waals surface area contributed by atoms with Crippen molar-refractivity contribution in [2.45, 2.75) is 32.5 Å². The number of aromatic nitrogens is 1. The molecule has 0 aliphatic carbocycles. The molecule has 2 unspecified atom stereocenters. The molecule has 7 rings (SSSR count). The highest BCUT2D eigenvalue weighted by Crippen LogP contribution is 2.46. The molecule has 4 aromatic carbocycles. The number of aromatic amines is 1. The molecule has 0 saturated heterocycles. The second-order valence-corrected chi connectivity index (χ2v) is 10.6. The van der Waals surface area contributed by atoms with E-state index < -0.39 is 12.1 Å². The Labute approximate surface area is 237 Å². The average molecular weight is 544 g/mol. The molecule has 0 radical (unpaired) electrons. The lowest BCUT2D eigenvalue weighted by Gasteiger charge is -2.31. The molecule has 2 aliphatic rings. The number of H-pyrrole nitrogens is 1. The molecule has 7 heteroatoms. The highest BCUT2D eigenvalue weighted by Gasteiger charge is 2.44. The van der Waals surface area contributed by atoms with Gasteiger partial charge in [-0.1, -0.05) is 72.3 Å². The zero-order valence-corrected chi connectivity index (χ0v) is 22.8. The maximum absolute atomic E-state index is 14.0. The highest BCUT2D eigenvalue weighted by molar-refractivity contribution is 6.04. The summed E-state index contributed by atoms with van der Waals surface area (Å²) in [5.74, 6) is 0.972. The zero-order valence-electron chi connectivity index (χ0n) is 22.8. The van der Waals surface area contributed by atoms with Gasteiger partial charge in [0.05, 0.1) is 11.7 Å². The average Bonchev–Trinajstić information content (AvgIpc) is 3.70. The number of aryl methyl sites for hydroxylation is 1. The number of ether oxygens (including phenoxy) is 2. The lowest BCUT2D eigenvalue weighted by Crippen LogP contribution is -2.46. The third-order valence-corrected chi connectivity index (χ3v) is 8.06. The van der Waals surface area contributed by atoms with E-state index in [-0.39, 0.29) is 18.6 Å². The van der Waals surface area contributed by atoms with Crippen LogP contribution in [0.3, 0.4) is 0 Å². The Kier molecular flexibility index (Phi) is 6.00. The number of carbonyl (C=O) groups is 2. The minimum Gasteiger partial charge on any atom is -0.454 e. The molecule has 5 aromatic rings. The van der Waals surface area contributed by atoms with Crippen LogP contribution in [0.4, 0.5) is 0 Å². The number of rotatable bonds is 6. The molecule has 0 saturated carbocycles. The molecule has 1 aromatic heterocycles. The number of nitrogens with one attached hydrogen (secondary N) is 2.